The minimum absolute atomic E-state index is 0.0346. The minimum Gasteiger partial charge on any atom is -0.491 e. The molecule has 2 N–H and O–H groups in total. The Morgan fingerprint density at radius 2 is 2.30 bits per heavy atom. The number of nitrogens with zero attached hydrogens (tertiary/aromatic N) is 4. The molecule has 0 saturated carbocycles. The van der Waals surface area contributed by atoms with Crippen LogP contribution in [0.5, 0.6) is 11.5 Å². The number of aliphatic imine (C=N–C) groups is 1. The first-order valence-corrected chi connectivity index (χ1v) is 10.8. The van der Waals surface area contributed by atoms with Crippen LogP contribution in [0.4, 0.5) is 5.82 Å². The Morgan fingerprint density at radius 3 is 3.06 bits per heavy atom. The fourth-order valence-electron chi connectivity index (χ4n) is 3.75. The van der Waals surface area contributed by atoms with Gasteiger partial charge in [-0.2, -0.15) is 4.99 Å². The lowest BCUT2D eigenvalue weighted by molar-refractivity contribution is -0.114. The number of benzene rings is 1. The maximum atomic E-state index is 12.7. The lowest BCUT2D eigenvalue weighted by Crippen LogP contribution is -2.41. The fourth-order valence-corrected chi connectivity index (χ4v) is 3.75. The van der Waals surface area contributed by atoms with Crippen molar-refractivity contribution in [2.45, 2.75) is 19.6 Å². The molecule has 4 rings (SSSR count). The topological polar surface area (TPSA) is 111 Å². The van der Waals surface area contributed by atoms with Gasteiger partial charge in [0.15, 0.2) is 11.5 Å². The average molecular weight is 453 g/mol. The lowest BCUT2D eigenvalue weighted by atomic mass is 10.2. The highest BCUT2D eigenvalue weighted by molar-refractivity contribution is 5.96. The minimum atomic E-state index is -0.384. The molecule has 0 bridgehead atoms. The zero-order chi connectivity index (χ0) is 23.2. The van der Waals surface area contributed by atoms with Gasteiger partial charge >= 0.3 is 0 Å². The van der Waals surface area contributed by atoms with E-state index in [1.165, 1.54) is 6.20 Å². The van der Waals surface area contributed by atoms with Gasteiger partial charge in [-0.25, -0.2) is 4.98 Å². The molecule has 2 aromatic rings. The predicted molar refractivity (Wildman–Crippen MR) is 126 cm³/mol. The molecule has 1 atom stereocenters. The number of hydrogen-bond acceptors (Lipinski definition) is 8. The van der Waals surface area contributed by atoms with E-state index in [4.69, 9.17) is 19.2 Å². The first-order valence-electron chi connectivity index (χ1n) is 10.8. The van der Waals surface area contributed by atoms with Gasteiger partial charge < -0.3 is 24.8 Å². The van der Waals surface area contributed by atoms with Crippen LogP contribution in [0.15, 0.2) is 46.0 Å². The van der Waals surface area contributed by atoms with Crippen LogP contribution in [0.25, 0.3) is 10.9 Å². The van der Waals surface area contributed by atoms with Crippen molar-refractivity contribution < 1.29 is 19.0 Å². The number of carbonyl (C=O) groups is 1. The number of anilines is 1. The Kier molecular flexibility index (Phi) is 7.16. The number of ether oxygens (including phenoxy) is 3. The van der Waals surface area contributed by atoms with Crippen LogP contribution in [0.1, 0.15) is 6.92 Å². The van der Waals surface area contributed by atoms with E-state index < -0.39 is 0 Å². The first-order chi connectivity index (χ1) is 16.1. The van der Waals surface area contributed by atoms with Crippen molar-refractivity contribution in [3.05, 3.63) is 41.7 Å². The molecule has 2 aliphatic heterocycles. The summed E-state index contributed by atoms with van der Waals surface area (Å²) in [5.74, 6) is 1.51. The SMILES string of the molecule is C=NC=CC=C(C)C(=O)N=c1nc2c(OC)c(OCC3CNCCO3)ccc2c2n1CCN2. The average Bonchev–Trinajstić information content (AvgIpc) is 3.33. The molecular formula is C23H28N6O4. The number of aromatic nitrogens is 2. The normalized spacial score (nSPS) is 18.9. The maximum absolute atomic E-state index is 12.7. The monoisotopic (exact) mass is 452 g/mol. The van der Waals surface area contributed by atoms with Crippen LogP contribution in [-0.2, 0) is 16.1 Å². The van der Waals surface area contributed by atoms with E-state index in [0.717, 1.165) is 24.3 Å². The predicted octanol–water partition coefficient (Wildman–Crippen LogP) is 1.43. The van der Waals surface area contributed by atoms with Crippen molar-refractivity contribution in [2.24, 2.45) is 9.98 Å². The molecule has 1 saturated heterocycles. The zero-order valence-corrected chi connectivity index (χ0v) is 18.8. The molecule has 0 radical (unpaired) electrons. The number of rotatable bonds is 7. The number of hydrogen-bond donors (Lipinski definition) is 2. The van der Waals surface area contributed by atoms with Gasteiger partial charge in [0, 0.05) is 43.3 Å². The van der Waals surface area contributed by atoms with Crippen molar-refractivity contribution in [2.75, 3.05) is 45.3 Å². The molecule has 33 heavy (non-hydrogen) atoms. The molecule has 1 aromatic carbocycles. The van der Waals surface area contributed by atoms with Gasteiger partial charge in [-0.15, -0.1) is 0 Å². The molecule has 0 spiro atoms. The molecule has 1 aromatic heterocycles. The summed E-state index contributed by atoms with van der Waals surface area (Å²) in [6.45, 7) is 9.06. The van der Waals surface area contributed by atoms with E-state index >= 15 is 0 Å². The summed E-state index contributed by atoms with van der Waals surface area (Å²) in [6.07, 6.45) is 4.75. The largest absolute Gasteiger partial charge is 0.491 e. The second-order valence-electron chi connectivity index (χ2n) is 7.63. The van der Waals surface area contributed by atoms with Crippen LogP contribution in [-0.4, -0.2) is 68.2 Å². The number of amides is 1. The highest BCUT2D eigenvalue weighted by atomic mass is 16.5. The van der Waals surface area contributed by atoms with E-state index in [0.29, 0.717) is 54.5 Å². The Bertz CT molecular complexity index is 1180. The third-order valence-corrected chi connectivity index (χ3v) is 5.41. The van der Waals surface area contributed by atoms with Gasteiger partial charge in [0.05, 0.1) is 13.7 Å². The lowest BCUT2D eigenvalue weighted by Gasteiger charge is -2.24. The van der Waals surface area contributed by atoms with E-state index in [1.807, 2.05) is 16.7 Å². The number of carbonyl (C=O) groups excluding carboxylic acids is 1. The highest BCUT2D eigenvalue weighted by Gasteiger charge is 2.22. The van der Waals surface area contributed by atoms with Crippen LogP contribution < -0.4 is 25.7 Å². The smallest absolute Gasteiger partial charge is 0.275 e. The molecule has 3 heterocycles. The zero-order valence-electron chi connectivity index (χ0n) is 18.8. The second kappa shape index (κ2) is 10.4. The third-order valence-electron chi connectivity index (χ3n) is 5.41. The van der Waals surface area contributed by atoms with Gasteiger partial charge in [-0.05, 0) is 31.9 Å². The number of methoxy groups -OCH3 is 1. The van der Waals surface area contributed by atoms with Crippen LogP contribution in [0.2, 0.25) is 0 Å². The first kappa shape index (κ1) is 22.7. The van der Waals surface area contributed by atoms with Crippen molar-refractivity contribution in [3.8, 4) is 11.5 Å². The molecule has 1 unspecified atom stereocenters. The summed E-state index contributed by atoms with van der Waals surface area (Å²) in [5.41, 5.74) is 1.34. The Balaban J connectivity index is 1.74. The quantitative estimate of drug-likeness (QED) is 0.371. The van der Waals surface area contributed by atoms with E-state index in [-0.39, 0.29) is 12.0 Å². The van der Waals surface area contributed by atoms with Crippen molar-refractivity contribution in [1.29, 1.82) is 0 Å². The summed E-state index contributed by atoms with van der Waals surface area (Å²) < 4.78 is 19.3. The van der Waals surface area contributed by atoms with Crippen molar-refractivity contribution in [1.82, 2.24) is 14.9 Å². The second-order valence-corrected chi connectivity index (χ2v) is 7.63. The van der Waals surface area contributed by atoms with E-state index in [1.54, 1.807) is 26.2 Å². The van der Waals surface area contributed by atoms with Gasteiger partial charge in [-0.3, -0.25) is 14.4 Å². The number of nitrogens with one attached hydrogen (secondary N) is 2. The molecule has 1 amide bonds. The van der Waals surface area contributed by atoms with Crippen LogP contribution >= 0.6 is 0 Å². The molecule has 0 aliphatic carbocycles. The summed E-state index contributed by atoms with van der Waals surface area (Å²) in [7, 11) is 1.57. The number of morpholine rings is 1. The van der Waals surface area contributed by atoms with Gasteiger partial charge in [-0.1, -0.05) is 6.08 Å². The van der Waals surface area contributed by atoms with E-state index in [2.05, 4.69) is 27.3 Å². The summed E-state index contributed by atoms with van der Waals surface area (Å²) in [4.78, 5) is 25.3. The van der Waals surface area contributed by atoms with Crippen molar-refractivity contribution in [3.63, 3.8) is 0 Å². The van der Waals surface area contributed by atoms with E-state index in [9.17, 15) is 4.79 Å². The maximum Gasteiger partial charge on any atom is 0.275 e. The Hall–Kier alpha value is -3.50. The van der Waals surface area contributed by atoms with Gasteiger partial charge in [0.1, 0.15) is 24.0 Å². The summed E-state index contributed by atoms with van der Waals surface area (Å²) >= 11 is 0. The Morgan fingerprint density at radius 1 is 1.42 bits per heavy atom. The summed E-state index contributed by atoms with van der Waals surface area (Å²) in [6, 6.07) is 3.81. The van der Waals surface area contributed by atoms with Crippen molar-refractivity contribution >= 4 is 29.3 Å². The molecule has 174 valence electrons. The molecule has 10 heteroatoms. The molecule has 2 aliphatic rings. The highest BCUT2D eigenvalue weighted by Crippen LogP contribution is 2.37. The number of fused-ring (bicyclic) bond motifs is 3. The van der Waals surface area contributed by atoms with Gasteiger partial charge in [0.2, 0.25) is 5.62 Å². The summed E-state index contributed by atoms with van der Waals surface area (Å²) in [5, 5.41) is 7.52. The number of allylic oxidation sites excluding steroid dienone is 2. The molecule has 1 fully saturated rings. The van der Waals surface area contributed by atoms with Crippen LogP contribution in [0.3, 0.4) is 0 Å². The standard InChI is InChI=1S/C23H28N6O4/c1-15(5-4-8-24-2)22(30)28-23-27-19-17(21-26-9-11-29(21)23)6-7-18(20(19)31-3)33-14-16-13-25-10-12-32-16/h4-8,16,25-26H,2,9-14H2,1,3H3. The fraction of sp³-hybridized carbons (Fsp3) is 0.391. The Labute approximate surface area is 191 Å². The third kappa shape index (κ3) is 4.96. The van der Waals surface area contributed by atoms with Gasteiger partial charge in [0.25, 0.3) is 5.91 Å². The van der Waals surface area contributed by atoms with Crippen LogP contribution in [0, 0.1) is 0 Å². The molecular weight excluding hydrogens is 424 g/mol. The molecule has 10 nitrogen and oxygen atoms in total.